The molecule has 0 amide bonds. The zero-order valence-electron chi connectivity index (χ0n) is 57.7. The Morgan fingerprint density at radius 2 is 0.404 bits per heavy atom. The van der Waals surface area contributed by atoms with Gasteiger partial charge in [0.2, 0.25) is 0 Å². The van der Waals surface area contributed by atoms with Crippen molar-refractivity contribution in [3.8, 4) is 11.1 Å². The highest BCUT2D eigenvalue weighted by Crippen LogP contribution is 2.56. The molecule has 0 heterocycles. The quantitative estimate of drug-likeness (QED) is 0.0746. The predicted molar refractivity (Wildman–Crippen MR) is 403 cm³/mol. The molecular weight excluding hydrogens is 1130 g/mol. The fourth-order valence-corrected chi connectivity index (χ4v) is 20.8. The maximum absolute atomic E-state index is 2.95. The summed E-state index contributed by atoms with van der Waals surface area (Å²) >= 11 is 0. The molecule has 8 aliphatic rings. The highest BCUT2D eigenvalue weighted by Gasteiger charge is 2.34. The first-order chi connectivity index (χ1) is 46.6. The molecule has 0 aliphatic heterocycles. The van der Waals surface area contributed by atoms with Gasteiger partial charge in [0.25, 0.3) is 0 Å². The average Bonchev–Trinajstić information content (AvgIpc) is 0.749. The highest BCUT2D eigenvalue weighted by atomic mass is 15.2. The van der Waals surface area contributed by atoms with Crippen molar-refractivity contribution in [1.29, 1.82) is 0 Å². The molecule has 94 heavy (non-hydrogen) atoms. The van der Waals surface area contributed by atoms with Crippen LogP contribution in [-0.4, -0.2) is 0 Å². The Kier molecular flexibility index (Phi) is 19.5. The second kappa shape index (κ2) is 29.3. The van der Waals surface area contributed by atoms with E-state index in [0.717, 1.165) is 0 Å². The summed E-state index contributed by atoms with van der Waals surface area (Å²) in [6, 6.07) is 62.5. The lowest BCUT2D eigenvalue weighted by Gasteiger charge is -2.36. The van der Waals surface area contributed by atoms with Crippen LogP contribution in [0.3, 0.4) is 0 Å². The van der Waals surface area contributed by atoms with Crippen molar-refractivity contribution >= 4 is 55.7 Å². The molecule has 0 saturated heterocycles. The Morgan fingerprint density at radius 1 is 0.181 bits per heavy atom. The Hall–Kier alpha value is -6.12. The van der Waals surface area contributed by atoms with E-state index < -0.39 is 0 Å². The minimum Gasteiger partial charge on any atom is -0.309 e. The van der Waals surface area contributed by atoms with Gasteiger partial charge >= 0.3 is 0 Å². The van der Waals surface area contributed by atoms with Crippen molar-refractivity contribution in [2.45, 2.75) is 304 Å². The van der Waals surface area contributed by atoms with Gasteiger partial charge in [-0.1, -0.05) is 245 Å². The second-order valence-corrected chi connectivity index (χ2v) is 32.2. The Morgan fingerprint density at radius 3 is 0.660 bits per heavy atom. The lowest BCUT2D eigenvalue weighted by molar-refractivity contribution is 0.435. The van der Waals surface area contributed by atoms with E-state index in [4.69, 9.17) is 0 Å². The van der Waals surface area contributed by atoms with E-state index in [9.17, 15) is 0 Å². The fourth-order valence-electron chi connectivity index (χ4n) is 20.8. The minimum absolute atomic E-state index is 0.601. The summed E-state index contributed by atoms with van der Waals surface area (Å²) in [4.78, 5) is 5.88. The van der Waals surface area contributed by atoms with Crippen LogP contribution in [0.1, 0.15) is 349 Å². The van der Waals surface area contributed by atoms with Gasteiger partial charge in [0.15, 0.2) is 0 Å². The SMILES string of the molecule is c1ccc(-c2ccc3c(N(c4cc(C5CCCCC5)cc(C5CCCCC5)c4)c4cc(C5CCCCC5)cc(C5CCCCC5)c4)c4ccccc4c(N(c4cc(C5CCCCC5)cc(C5CCCCC5)c4)c4cc(C5CCCCC5)cc(C5CCCCC5)c4)c3c2)cc1. The number of hydrogen-bond donors (Lipinski definition) is 0. The van der Waals surface area contributed by atoms with E-state index in [1.54, 1.807) is 44.5 Å². The Balaban J connectivity index is 1.02. The molecule has 0 bridgehead atoms. The Bertz CT molecular complexity index is 3520. The lowest BCUT2D eigenvalue weighted by atomic mass is 9.79. The minimum atomic E-state index is 0.601. The van der Waals surface area contributed by atoms with Gasteiger partial charge in [-0.2, -0.15) is 0 Å². The molecule has 0 spiro atoms. The van der Waals surface area contributed by atoms with Crippen LogP contribution in [0.15, 0.2) is 146 Å². The van der Waals surface area contributed by atoms with Gasteiger partial charge in [0.05, 0.1) is 11.4 Å². The zero-order chi connectivity index (χ0) is 62.6. The topological polar surface area (TPSA) is 6.48 Å². The monoisotopic (exact) mass is 1240 g/mol. The standard InChI is InChI=1S/C92H112N2/c1-10-30-65(31-11-1)74-50-51-89-90(64-74)92(94(85-60-79(70-40-20-6-21-41-70)54-80(61-85)71-42-22-7-23-43-71)86-62-81(72-44-24-8-25-45-72)55-82(63-86)73-46-26-9-27-47-73)88-49-29-28-48-87(88)91(89)93(83-56-75(66-32-12-2-13-33-66)52-76(57-83)67-34-14-3-15-35-67)84-58-77(68-36-16-4-17-37-68)53-78(59-84)69-38-18-5-19-39-69/h1,10-11,28-31,48-64,66-73H,2-9,12-27,32-47H2. The van der Waals surface area contributed by atoms with Crippen LogP contribution < -0.4 is 9.80 Å². The molecular formula is C92H112N2. The van der Waals surface area contributed by atoms with E-state index in [0.29, 0.717) is 47.3 Å². The normalized spacial score (nSPS) is 21.1. The molecule has 490 valence electrons. The summed E-state index contributed by atoms with van der Waals surface area (Å²) in [6.45, 7) is 0. The first-order valence-corrected chi connectivity index (χ1v) is 39.8. The first-order valence-electron chi connectivity index (χ1n) is 39.8. The highest BCUT2D eigenvalue weighted by molar-refractivity contribution is 6.24. The molecule has 8 aromatic carbocycles. The van der Waals surface area contributed by atoms with Crippen LogP contribution >= 0.6 is 0 Å². The number of anilines is 6. The second-order valence-electron chi connectivity index (χ2n) is 32.2. The summed E-state index contributed by atoms with van der Waals surface area (Å²) in [7, 11) is 0. The first kappa shape index (κ1) is 62.7. The van der Waals surface area contributed by atoms with E-state index >= 15 is 0 Å². The van der Waals surface area contributed by atoms with Gasteiger partial charge in [-0.05, 0) is 260 Å². The summed E-state index contributed by atoms with van der Waals surface area (Å²) in [5, 5.41) is 5.49. The van der Waals surface area contributed by atoms with Crippen LogP contribution in [0, 0.1) is 0 Å². The molecule has 8 aliphatic carbocycles. The zero-order valence-corrected chi connectivity index (χ0v) is 57.7. The van der Waals surface area contributed by atoms with Crippen molar-refractivity contribution in [1.82, 2.24) is 0 Å². The molecule has 8 fully saturated rings. The van der Waals surface area contributed by atoms with E-state index in [2.05, 4.69) is 155 Å². The van der Waals surface area contributed by atoms with Crippen molar-refractivity contribution in [3.05, 3.63) is 190 Å². The predicted octanol–water partition coefficient (Wildman–Crippen LogP) is 29.0. The van der Waals surface area contributed by atoms with Crippen LogP contribution in [0.2, 0.25) is 0 Å². The molecule has 0 radical (unpaired) electrons. The molecule has 0 N–H and O–H groups in total. The molecule has 0 aromatic heterocycles. The molecule has 0 atom stereocenters. The third-order valence-electron chi connectivity index (χ3n) is 26.0. The number of fused-ring (bicyclic) bond motifs is 2. The third-order valence-corrected chi connectivity index (χ3v) is 26.0. The van der Waals surface area contributed by atoms with Crippen LogP contribution in [-0.2, 0) is 0 Å². The summed E-state index contributed by atoms with van der Waals surface area (Å²) in [5.74, 6) is 4.82. The van der Waals surface area contributed by atoms with Crippen molar-refractivity contribution < 1.29 is 0 Å². The van der Waals surface area contributed by atoms with Crippen LogP contribution in [0.5, 0.6) is 0 Å². The third kappa shape index (κ3) is 13.5. The van der Waals surface area contributed by atoms with E-state index in [1.165, 1.54) is 324 Å². The molecule has 2 heteroatoms. The summed E-state index contributed by atoms with van der Waals surface area (Å²) < 4.78 is 0. The number of hydrogen-bond acceptors (Lipinski definition) is 2. The molecule has 8 saturated carbocycles. The van der Waals surface area contributed by atoms with Gasteiger partial charge in [-0.15, -0.1) is 0 Å². The van der Waals surface area contributed by atoms with E-state index in [-0.39, 0.29) is 0 Å². The van der Waals surface area contributed by atoms with Crippen molar-refractivity contribution in [3.63, 3.8) is 0 Å². The van der Waals surface area contributed by atoms with Crippen LogP contribution in [0.25, 0.3) is 32.7 Å². The van der Waals surface area contributed by atoms with Crippen LogP contribution in [0.4, 0.5) is 34.1 Å². The average molecular weight is 1250 g/mol. The van der Waals surface area contributed by atoms with Gasteiger partial charge < -0.3 is 9.80 Å². The molecule has 16 rings (SSSR count). The van der Waals surface area contributed by atoms with Crippen molar-refractivity contribution in [2.75, 3.05) is 9.80 Å². The van der Waals surface area contributed by atoms with Gasteiger partial charge in [-0.25, -0.2) is 0 Å². The van der Waals surface area contributed by atoms with Gasteiger partial charge in [0, 0.05) is 44.3 Å². The largest absolute Gasteiger partial charge is 0.309 e. The molecule has 8 aromatic rings. The maximum Gasteiger partial charge on any atom is 0.0620 e. The number of nitrogens with zero attached hydrogens (tertiary/aromatic N) is 2. The number of rotatable bonds is 15. The lowest BCUT2D eigenvalue weighted by Crippen LogP contribution is -2.18. The molecule has 0 unspecified atom stereocenters. The maximum atomic E-state index is 2.95. The Labute approximate surface area is 567 Å². The fraction of sp³-hybridized carbons (Fsp3) is 0.522. The van der Waals surface area contributed by atoms with E-state index in [1.807, 2.05) is 0 Å². The summed E-state index contributed by atoms with van der Waals surface area (Å²) in [6.07, 6.45) is 53.5. The number of benzene rings is 8. The van der Waals surface area contributed by atoms with Crippen molar-refractivity contribution in [2.24, 2.45) is 0 Å². The summed E-state index contributed by atoms with van der Waals surface area (Å²) in [5.41, 5.74) is 23.8. The van der Waals surface area contributed by atoms with Gasteiger partial charge in [0.1, 0.15) is 0 Å². The van der Waals surface area contributed by atoms with Gasteiger partial charge in [-0.3, -0.25) is 0 Å². The molecule has 2 nitrogen and oxygen atoms in total. The smallest absolute Gasteiger partial charge is 0.0620 e.